The summed E-state index contributed by atoms with van der Waals surface area (Å²) >= 11 is 0. The standard InChI is InChI=1S/C14H24N2O5/c1-6-9-20-13(18)16-8-7-15(10-11(16)19-5)12(17)21-14(2,3)4/h6,11H,1,7-10H2,2-5H3. The average molecular weight is 300 g/mol. The molecule has 0 radical (unpaired) electrons. The van der Waals surface area contributed by atoms with Gasteiger partial charge in [0.2, 0.25) is 0 Å². The van der Waals surface area contributed by atoms with Gasteiger partial charge in [0.1, 0.15) is 12.2 Å². The molecule has 7 nitrogen and oxygen atoms in total. The molecule has 1 unspecified atom stereocenters. The number of rotatable bonds is 3. The van der Waals surface area contributed by atoms with E-state index in [-0.39, 0.29) is 13.2 Å². The minimum absolute atomic E-state index is 0.140. The van der Waals surface area contributed by atoms with Crippen LogP contribution in [0.15, 0.2) is 12.7 Å². The topological polar surface area (TPSA) is 68.3 Å². The molecule has 0 aromatic heterocycles. The average Bonchev–Trinajstić information content (AvgIpc) is 2.42. The van der Waals surface area contributed by atoms with Crippen molar-refractivity contribution >= 4 is 12.2 Å². The van der Waals surface area contributed by atoms with Crippen LogP contribution in [0, 0.1) is 0 Å². The van der Waals surface area contributed by atoms with E-state index >= 15 is 0 Å². The highest BCUT2D eigenvalue weighted by Crippen LogP contribution is 2.16. The largest absolute Gasteiger partial charge is 0.445 e. The molecule has 0 N–H and O–H groups in total. The Hall–Kier alpha value is -1.76. The van der Waals surface area contributed by atoms with Crippen LogP contribution in [0.3, 0.4) is 0 Å². The lowest BCUT2D eigenvalue weighted by molar-refractivity contribution is -0.0743. The van der Waals surface area contributed by atoms with Gasteiger partial charge in [-0.05, 0) is 20.8 Å². The van der Waals surface area contributed by atoms with Gasteiger partial charge < -0.3 is 19.1 Å². The molecule has 2 amide bonds. The van der Waals surface area contributed by atoms with Gasteiger partial charge in [0, 0.05) is 20.2 Å². The molecular formula is C14H24N2O5. The van der Waals surface area contributed by atoms with Gasteiger partial charge in [0.15, 0.2) is 6.23 Å². The minimum Gasteiger partial charge on any atom is -0.445 e. The Kier molecular flexibility index (Phi) is 6.02. The Morgan fingerprint density at radius 2 is 1.95 bits per heavy atom. The van der Waals surface area contributed by atoms with Crippen LogP contribution in [0.25, 0.3) is 0 Å². The summed E-state index contributed by atoms with van der Waals surface area (Å²) in [4.78, 5) is 26.9. The Morgan fingerprint density at radius 3 is 2.48 bits per heavy atom. The molecule has 0 saturated carbocycles. The molecule has 0 bridgehead atoms. The molecule has 1 atom stereocenters. The third-order valence-corrected chi connectivity index (χ3v) is 2.82. The van der Waals surface area contributed by atoms with E-state index in [1.54, 1.807) is 0 Å². The SMILES string of the molecule is C=CCOC(=O)N1CCN(C(=O)OC(C)(C)C)CC1OC. The van der Waals surface area contributed by atoms with Crippen molar-refractivity contribution in [3.8, 4) is 0 Å². The van der Waals surface area contributed by atoms with Crippen molar-refractivity contribution in [2.75, 3.05) is 33.4 Å². The molecule has 0 spiro atoms. The summed E-state index contributed by atoms with van der Waals surface area (Å²) in [6, 6.07) is 0. The molecule has 0 aliphatic carbocycles. The number of nitrogens with zero attached hydrogens (tertiary/aromatic N) is 2. The lowest BCUT2D eigenvalue weighted by Crippen LogP contribution is -2.57. The van der Waals surface area contributed by atoms with Crippen LogP contribution < -0.4 is 0 Å². The molecule has 1 heterocycles. The van der Waals surface area contributed by atoms with Gasteiger partial charge >= 0.3 is 12.2 Å². The summed E-state index contributed by atoms with van der Waals surface area (Å²) in [6.45, 7) is 10.00. The third kappa shape index (κ3) is 5.26. The van der Waals surface area contributed by atoms with Crippen LogP contribution in [-0.4, -0.2) is 67.2 Å². The van der Waals surface area contributed by atoms with Crippen LogP contribution >= 0.6 is 0 Å². The van der Waals surface area contributed by atoms with Crippen LogP contribution in [0.1, 0.15) is 20.8 Å². The Balaban J connectivity index is 2.62. The second-order valence-corrected chi connectivity index (χ2v) is 5.68. The van der Waals surface area contributed by atoms with E-state index in [1.165, 1.54) is 23.0 Å². The summed E-state index contributed by atoms with van der Waals surface area (Å²) in [5.74, 6) is 0. The van der Waals surface area contributed by atoms with E-state index in [2.05, 4.69) is 6.58 Å². The Morgan fingerprint density at radius 1 is 1.29 bits per heavy atom. The minimum atomic E-state index is -0.556. The zero-order valence-corrected chi connectivity index (χ0v) is 13.1. The van der Waals surface area contributed by atoms with Crippen LogP contribution in [-0.2, 0) is 14.2 Å². The first kappa shape index (κ1) is 17.3. The fourth-order valence-corrected chi connectivity index (χ4v) is 1.87. The molecule has 7 heteroatoms. The lowest BCUT2D eigenvalue weighted by atomic mass is 10.2. The van der Waals surface area contributed by atoms with Gasteiger partial charge in [0.05, 0.1) is 6.54 Å². The maximum absolute atomic E-state index is 12.0. The van der Waals surface area contributed by atoms with E-state index in [0.29, 0.717) is 13.1 Å². The monoisotopic (exact) mass is 300 g/mol. The summed E-state index contributed by atoms with van der Waals surface area (Å²) in [7, 11) is 1.48. The molecular weight excluding hydrogens is 276 g/mol. The zero-order valence-electron chi connectivity index (χ0n) is 13.1. The fourth-order valence-electron chi connectivity index (χ4n) is 1.87. The van der Waals surface area contributed by atoms with Gasteiger partial charge in [-0.2, -0.15) is 0 Å². The van der Waals surface area contributed by atoms with Crippen molar-refractivity contribution < 1.29 is 23.8 Å². The second-order valence-electron chi connectivity index (χ2n) is 5.68. The first-order valence-corrected chi connectivity index (χ1v) is 6.83. The number of hydrogen-bond donors (Lipinski definition) is 0. The van der Waals surface area contributed by atoms with Crippen LogP contribution in [0.5, 0.6) is 0 Å². The van der Waals surface area contributed by atoms with Crippen molar-refractivity contribution in [2.45, 2.75) is 32.6 Å². The molecule has 120 valence electrons. The zero-order chi connectivity index (χ0) is 16.0. The van der Waals surface area contributed by atoms with Crippen molar-refractivity contribution in [2.24, 2.45) is 0 Å². The first-order chi connectivity index (χ1) is 9.78. The number of hydrogen-bond acceptors (Lipinski definition) is 5. The van der Waals surface area contributed by atoms with Crippen molar-refractivity contribution in [1.29, 1.82) is 0 Å². The molecule has 1 aliphatic rings. The Bertz CT molecular complexity index is 391. The number of methoxy groups -OCH3 is 1. The fraction of sp³-hybridized carbons (Fsp3) is 0.714. The molecule has 1 aliphatic heterocycles. The van der Waals surface area contributed by atoms with Gasteiger partial charge in [-0.3, -0.25) is 4.90 Å². The van der Waals surface area contributed by atoms with E-state index in [9.17, 15) is 9.59 Å². The van der Waals surface area contributed by atoms with Gasteiger partial charge in [-0.25, -0.2) is 9.59 Å². The van der Waals surface area contributed by atoms with Gasteiger partial charge in [0.25, 0.3) is 0 Å². The maximum Gasteiger partial charge on any atom is 0.412 e. The normalized spacial score (nSPS) is 19.1. The van der Waals surface area contributed by atoms with Crippen LogP contribution in [0.4, 0.5) is 9.59 Å². The highest BCUT2D eigenvalue weighted by Gasteiger charge is 2.35. The highest BCUT2D eigenvalue weighted by atomic mass is 16.6. The number of ether oxygens (including phenoxy) is 3. The number of amides is 2. The summed E-state index contributed by atoms with van der Waals surface area (Å²) in [5.41, 5.74) is -0.556. The van der Waals surface area contributed by atoms with Crippen molar-refractivity contribution in [3.63, 3.8) is 0 Å². The van der Waals surface area contributed by atoms with E-state index in [4.69, 9.17) is 14.2 Å². The number of piperazine rings is 1. The molecule has 0 aromatic rings. The molecule has 1 rings (SSSR count). The van der Waals surface area contributed by atoms with Gasteiger partial charge in [-0.15, -0.1) is 0 Å². The summed E-state index contributed by atoms with van der Waals surface area (Å²) in [5, 5.41) is 0. The van der Waals surface area contributed by atoms with Crippen LogP contribution in [0.2, 0.25) is 0 Å². The quantitative estimate of drug-likeness (QED) is 0.744. The first-order valence-electron chi connectivity index (χ1n) is 6.83. The van der Waals surface area contributed by atoms with E-state index < -0.39 is 24.0 Å². The van der Waals surface area contributed by atoms with Crippen molar-refractivity contribution in [1.82, 2.24) is 9.80 Å². The smallest absolute Gasteiger partial charge is 0.412 e. The summed E-state index contributed by atoms with van der Waals surface area (Å²) in [6.07, 6.45) is 0.0502. The molecule has 1 fully saturated rings. The van der Waals surface area contributed by atoms with Gasteiger partial charge in [-0.1, -0.05) is 12.7 Å². The molecule has 21 heavy (non-hydrogen) atoms. The maximum atomic E-state index is 12.0. The van der Waals surface area contributed by atoms with Crippen molar-refractivity contribution in [3.05, 3.63) is 12.7 Å². The lowest BCUT2D eigenvalue weighted by Gasteiger charge is -2.39. The predicted octanol–water partition coefficient (Wildman–Crippen LogP) is 1.83. The number of carbonyl (C=O) groups excluding carboxylic acids is 2. The summed E-state index contributed by atoms with van der Waals surface area (Å²) < 4.78 is 15.6. The molecule has 0 aromatic carbocycles. The second kappa shape index (κ2) is 7.31. The third-order valence-electron chi connectivity index (χ3n) is 2.82. The highest BCUT2D eigenvalue weighted by molar-refractivity contribution is 5.70. The Labute approximate surface area is 125 Å². The van der Waals surface area contributed by atoms with E-state index in [0.717, 1.165) is 0 Å². The van der Waals surface area contributed by atoms with E-state index in [1.807, 2.05) is 20.8 Å². The molecule has 1 saturated heterocycles. The number of carbonyl (C=O) groups is 2. The predicted molar refractivity (Wildman–Crippen MR) is 76.9 cm³/mol.